The number of H-pyrrole nitrogens is 1. The van der Waals surface area contributed by atoms with Crippen LogP contribution in [0.1, 0.15) is 17.0 Å². The van der Waals surface area contributed by atoms with E-state index < -0.39 is 0 Å². The van der Waals surface area contributed by atoms with Crippen LogP contribution in [0.5, 0.6) is 0 Å². The van der Waals surface area contributed by atoms with E-state index in [1.54, 1.807) is 6.33 Å². The molecule has 0 unspecified atom stereocenters. The molecule has 2 N–H and O–H groups in total. The summed E-state index contributed by atoms with van der Waals surface area (Å²) in [7, 11) is 2.09. The van der Waals surface area contributed by atoms with Gasteiger partial charge in [-0.15, -0.1) is 0 Å². The van der Waals surface area contributed by atoms with Crippen LogP contribution in [0.4, 0.5) is 5.69 Å². The topological polar surface area (TPSA) is 56.8 Å². The maximum atomic E-state index is 4.15. The lowest BCUT2D eigenvalue weighted by Gasteiger charge is -2.17. The maximum Gasteiger partial charge on any atom is 0.138 e. The fourth-order valence-corrected chi connectivity index (χ4v) is 2.45. The second-order valence-corrected chi connectivity index (χ2v) is 4.73. The van der Waals surface area contributed by atoms with E-state index in [4.69, 9.17) is 0 Å². The van der Waals surface area contributed by atoms with E-state index >= 15 is 0 Å². The molecule has 3 rings (SSSR count). The number of benzene rings is 1. The first kappa shape index (κ1) is 11.2. The van der Waals surface area contributed by atoms with Crippen LogP contribution in [0.15, 0.2) is 24.5 Å². The van der Waals surface area contributed by atoms with Gasteiger partial charge < -0.3 is 5.32 Å². The zero-order valence-electron chi connectivity index (χ0n) is 10.5. The van der Waals surface area contributed by atoms with Crippen molar-refractivity contribution in [2.24, 2.45) is 0 Å². The van der Waals surface area contributed by atoms with E-state index in [9.17, 15) is 0 Å². The van der Waals surface area contributed by atoms with Gasteiger partial charge in [0.25, 0.3) is 0 Å². The molecule has 0 fully saturated rings. The van der Waals surface area contributed by atoms with Crippen LogP contribution in [0.2, 0.25) is 0 Å². The fourth-order valence-electron chi connectivity index (χ4n) is 2.45. The second-order valence-electron chi connectivity index (χ2n) is 4.73. The summed E-state index contributed by atoms with van der Waals surface area (Å²) in [6, 6.07) is 6.53. The average molecular weight is 243 g/mol. The summed E-state index contributed by atoms with van der Waals surface area (Å²) in [5.74, 6) is 0.901. The lowest BCUT2D eigenvalue weighted by atomic mass is 10.1. The largest absolute Gasteiger partial charge is 0.384 e. The zero-order valence-corrected chi connectivity index (χ0v) is 10.5. The highest BCUT2D eigenvalue weighted by molar-refractivity contribution is 5.61. The van der Waals surface area contributed by atoms with Crippen LogP contribution < -0.4 is 5.32 Å². The number of nitrogens with zero attached hydrogens (tertiary/aromatic N) is 3. The van der Waals surface area contributed by atoms with Gasteiger partial charge in [0.1, 0.15) is 12.2 Å². The molecule has 0 spiro atoms. The first-order valence-electron chi connectivity index (χ1n) is 6.20. The normalized spacial score (nSPS) is 13.7. The highest BCUT2D eigenvalue weighted by atomic mass is 15.2. The summed E-state index contributed by atoms with van der Waals surface area (Å²) in [6.45, 7) is 2.75. The Morgan fingerprint density at radius 1 is 1.33 bits per heavy atom. The molecule has 2 aromatic rings. The third kappa shape index (κ3) is 2.22. The van der Waals surface area contributed by atoms with Gasteiger partial charge in [0.2, 0.25) is 0 Å². The Hall–Kier alpha value is -1.88. The van der Waals surface area contributed by atoms with Crippen LogP contribution in [0.3, 0.4) is 0 Å². The van der Waals surface area contributed by atoms with Gasteiger partial charge in [-0.3, -0.25) is 10.00 Å². The predicted molar refractivity (Wildman–Crippen MR) is 70.2 cm³/mol. The summed E-state index contributed by atoms with van der Waals surface area (Å²) in [6.07, 6.45) is 2.68. The zero-order chi connectivity index (χ0) is 12.4. The average Bonchev–Trinajstić information content (AvgIpc) is 2.99. The molecule has 1 aliphatic rings. The van der Waals surface area contributed by atoms with Gasteiger partial charge in [-0.05, 0) is 24.6 Å². The third-order valence-electron chi connectivity index (χ3n) is 3.26. The molecule has 2 heterocycles. The lowest BCUT2D eigenvalue weighted by Crippen LogP contribution is -2.18. The summed E-state index contributed by atoms with van der Waals surface area (Å²) < 4.78 is 0. The number of nitrogens with one attached hydrogen (secondary N) is 2. The Kier molecular flexibility index (Phi) is 2.98. The highest BCUT2D eigenvalue weighted by Crippen LogP contribution is 2.27. The smallest absolute Gasteiger partial charge is 0.138 e. The fraction of sp³-hybridized carbons (Fsp3) is 0.385. The molecule has 0 radical (unpaired) electrons. The van der Waals surface area contributed by atoms with Crippen molar-refractivity contribution in [3.8, 4) is 0 Å². The van der Waals surface area contributed by atoms with Crippen molar-refractivity contribution in [1.29, 1.82) is 0 Å². The Morgan fingerprint density at radius 2 is 2.28 bits per heavy atom. The first-order chi connectivity index (χ1) is 8.83. The monoisotopic (exact) mass is 243 g/mol. The second kappa shape index (κ2) is 4.78. The van der Waals surface area contributed by atoms with Crippen LogP contribution in [-0.4, -0.2) is 33.7 Å². The molecule has 0 aliphatic carbocycles. The van der Waals surface area contributed by atoms with Crippen molar-refractivity contribution < 1.29 is 0 Å². The number of para-hydroxylation sites is 1. The van der Waals surface area contributed by atoms with E-state index in [1.165, 1.54) is 16.8 Å². The highest BCUT2D eigenvalue weighted by Gasteiger charge is 2.14. The van der Waals surface area contributed by atoms with E-state index in [-0.39, 0.29) is 0 Å². The van der Waals surface area contributed by atoms with Crippen LogP contribution in [-0.2, 0) is 19.5 Å². The van der Waals surface area contributed by atoms with Crippen molar-refractivity contribution in [2.45, 2.75) is 19.5 Å². The van der Waals surface area contributed by atoms with Gasteiger partial charge >= 0.3 is 0 Å². The molecule has 1 aromatic carbocycles. The molecular formula is C13H17N5. The molecule has 0 amide bonds. The number of fused-ring (bicyclic) bond motifs is 1. The van der Waals surface area contributed by atoms with Crippen LogP contribution in [0.25, 0.3) is 0 Å². The minimum absolute atomic E-state index is 0.781. The van der Waals surface area contributed by atoms with Crippen molar-refractivity contribution in [3.63, 3.8) is 0 Å². The Morgan fingerprint density at radius 3 is 3.11 bits per heavy atom. The summed E-state index contributed by atoms with van der Waals surface area (Å²) in [4.78, 5) is 6.38. The minimum Gasteiger partial charge on any atom is -0.384 e. The van der Waals surface area contributed by atoms with E-state index in [0.717, 1.165) is 31.9 Å². The van der Waals surface area contributed by atoms with E-state index in [0.29, 0.717) is 0 Å². The first-order valence-corrected chi connectivity index (χ1v) is 6.20. The molecule has 94 valence electrons. The molecule has 1 aromatic heterocycles. The Balaban J connectivity index is 1.71. The van der Waals surface area contributed by atoms with Crippen LogP contribution in [0, 0.1) is 0 Å². The van der Waals surface area contributed by atoms with Gasteiger partial charge in [0.15, 0.2) is 0 Å². The minimum atomic E-state index is 0.781. The summed E-state index contributed by atoms with van der Waals surface area (Å²) in [5, 5.41) is 10.2. The van der Waals surface area contributed by atoms with E-state index in [2.05, 4.69) is 50.6 Å². The van der Waals surface area contributed by atoms with Gasteiger partial charge in [0, 0.05) is 18.8 Å². The molecule has 5 heteroatoms. The van der Waals surface area contributed by atoms with Gasteiger partial charge in [0.05, 0.1) is 6.54 Å². The van der Waals surface area contributed by atoms with E-state index in [1.807, 2.05) is 0 Å². The molecule has 0 atom stereocenters. The quantitative estimate of drug-likeness (QED) is 0.852. The number of anilines is 1. The maximum absolute atomic E-state index is 4.15. The molecule has 5 nitrogen and oxygen atoms in total. The number of hydrogen-bond donors (Lipinski definition) is 2. The van der Waals surface area contributed by atoms with Gasteiger partial charge in [-0.1, -0.05) is 18.2 Å². The number of rotatable bonds is 4. The lowest BCUT2D eigenvalue weighted by molar-refractivity contribution is 0.311. The van der Waals surface area contributed by atoms with Crippen molar-refractivity contribution >= 4 is 5.69 Å². The van der Waals surface area contributed by atoms with Gasteiger partial charge in [-0.25, -0.2) is 4.98 Å². The molecular weight excluding hydrogens is 226 g/mol. The van der Waals surface area contributed by atoms with Gasteiger partial charge in [-0.2, -0.15) is 5.10 Å². The van der Waals surface area contributed by atoms with Crippen molar-refractivity contribution in [1.82, 2.24) is 20.1 Å². The summed E-state index contributed by atoms with van der Waals surface area (Å²) in [5.41, 5.74) is 4.11. The standard InChI is InChI=1S/C13H17N5/c1-18(8-12-15-9-16-17-12)7-11-4-2-3-10-5-6-14-13(10)11/h2-4,9,14H,5-8H2,1H3,(H,15,16,17). The predicted octanol–water partition coefficient (Wildman–Crippen LogP) is 1.40. The Labute approximate surface area is 106 Å². The summed E-state index contributed by atoms with van der Waals surface area (Å²) >= 11 is 0. The molecule has 0 bridgehead atoms. The third-order valence-corrected chi connectivity index (χ3v) is 3.26. The SMILES string of the molecule is CN(Cc1ncn[nH]1)Cc1cccc2c1NCC2. The molecule has 18 heavy (non-hydrogen) atoms. The molecule has 0 saturated carbocycles. The Bertz CT molecular complexity index is 520. The van der Waals surface area contributed by atoms with Crippen molar-refractivity contribution in [3.05, 3.63) is 41.5 Å². The number of aromatic nitrogens is 3. The van der Waals surface area contributed by atoms with Crippen molar-refractivity contribution in [2.75, 3.05) is 18.9 Å². The molecule has 0 saturated heterocycles. The molecule has 1 aliphatic heterocycles. The number of aromatic amines is 1. The number of hydrogen-bond acceptors (Lipinski definition) is 4. The van der Waals surface area contributed by atoms with Crippen LogP contribution >= 0.6 is 0 Å².